The van der Waals surface area contributed by atoms with Crippen LogP contribution >= 0.6 is 0 Å². The van der Waals surface area contributed by atoms with Crippen LogP contribution in [0.3, 0.4) is 0 Å². The number of carbonyl (C=O) groups is 2. The lowest BCUT2D eigenvalue weighted by Gasteiger charge is -2.20. The molecule has 0 aromatic rings. The first kappa shape index (κ1) is 8.31. The number of hydrogen-bond donors (Lipinski definition) is 0. The van der Waals surface area contributed by atoms with Crippen LogP contribution in [0, 0.1) is 18.8 Å². The molecule has 0 amide bonds. The lowest BCUT2D eigenvalue weighted by molar-refractivity contribution is -0.313. The Hall–Kier alpha value is -1.29. The number of Topliss-reactive ketones (excluding diaryl/α,β-unsaturated/α-hetero) is 1. The second-order valence-electron chi connectivity index (χ2n) is 3.29. The summed E-state index contributed by atoms with van der Waals surface area (Å²) in [6, 6.07) is 0. The number of ether oxygens (including phenoxy) is 1. The van der Waals surface area contributed by atoms with E-state index in [0.29, 0.717) is 0 Å². The van der Waals surface area contributed by atoms with Gasteiger partial charge in [-0.15, -0.1) is 0 Å². The highest BCUT2D eigenvalue weighted by Gasteiger charge is 2.51. The van der Waals surface area contributed by atoms with E-state index in [1.807, 2.05) is 0 Å². The lowest BCUT2D eigenvalue weighted by Crippen LogP contribution is -2.42. The van der Waals surface area contributed by atoms with E-state index in [1.54, 1.807) is 12.2 Å². The second-order valence-corrected chi connectivity index (χ2v) is 3.29. The average molecular weight is 180 g/mol. The molecule has 68 valence electrons. The lowest BCUT2D eigenvalue weighted by atomic mass is 9.81. The van der Waals surface area contributed by atoms with Crippen molar-refractivity contribution in [2.24, 2.45) is 11.8 Å². The summed E-state index contributed by atoms with van der Waals surface area (Å²) in [4.78, 5) is 21.7. The van der Waals surface area contributed by atoms with E-state index < -0.39 is 35.8 Å². The maximum absolute atomic E-state index is 11.0. The van der Waals surface area contributed by atoms with Gasteiger partial charge in [0.1, 0.15) is 12.8 Å². The van der Waals surface area contributed by atoms with Crippen molar-refractivity contribution in [1.29, 1.82) is 0 Å². The standard InChI is InChI=1S/C9H8O4/c1-4(10)7-5-2-3-6(13-5)8(7)9(11)12/h2-3,5-8H,1H2/t5-,6+,7?,8?/m0/s1. The molecule has 2 rings (SSSR count). The second kappa shape index (κ2) is 2.60. The molecular weight excluding hydrogens is 172 g/mol. The first-order valence-electron chi connectivity index (χ1n) is 4.01. The average Bonchev–Trinajstić information content (AvgIpc) is 2.60. The molecule has 0 aromatic carbocycles. The molecule has 0 spiro atoms. The molecule has 1 fully saturated rings. The summed E-state index contributed by atoms with van der Waals surface area (Å²) in [5.74, 6) is -3.16. The molecule has 2 aliphatic heterocycles. The zero-order valence-corrected chi connectivity index (χ0v) is 6.80. The molecule has 4 atom stereocenters. The SMILES string of the molecule is [CH2+]C(=O)C1C(C(=O)[O-])[C@H]2C=C[C@@H]1O2. The Bertz CT molecular complexity index is 266. The molecular formula is C9H8O4. The highest BCUT2D eigenvalue weighted by Crippen LogP contribution is 2.39. The molecule has 2 aliphatic rings. The number of carboxylic acid groups (broad SMARTS) is 1. The smallest absolute Gasteiger partial charge is 0.310 e. The van der Waals surface area contributed by atoms with Crippen LogP contribution in [0.15, 0.2) is 12.2 Å². The molecule has 2 unspecified atom stereocenters. The van der Waals surface area contributed by atoms with E-state index in [4.69, 9.17) is 4.74 Å². The summed E-state index contributed by atoms with van der Waals surface area (Å²) in [5, 5.41) is 10.7. The largest absolute Gasteiger partial charge is 0.550 e. The van der Waals surface area contributed by atoms with Crippen molar-refractivity contribution in [3.05, 3.63) is 19.1 Å². The van der Waals surface area contributed by atoms with Gasteiger partial charge < -0.3 is 14.6 Å². The zero-order valence-electron chi connectivity index (χ0n) is 6.80. The minimum absolute atomic E-state index is 0.397. The summed E-state index contributed by atoms with van der Waals surface area (Å²) >= 11 is 0. The normalized spacial score (nSPS) is 40.9. The molecule has 4 nitrogen and oxygen atoms in total. The van der Waals surface area contributed by atoms with Gasteiger partial charge in [-0.05, 0) is 0 Å². The zero-order chi connectivity index (χ0) is 9.59. The van der Waals surface area contributed by atoms with Gasteiger partial charge in [-0.3, -0.25) is 0 Å². The van der Waals surface area contributed by atoms with Crippen molar-refractivity contribution >= 4 is 11.8 Å². The number of hydrogen-bond acceptors (Lipinski definition) is 4. The fourth-order valence-corrected chi connectivity index (χ4v) is 1.97. The van der Waals surface area contributed by atoms with E-state index in [-0.39, 0.29) is 0 Å². The van der Waals surface area contributed by atoms with Crippen LogP contribution in [0.25, 0.3) is 0 Å². The summed E-state index contributed by atoms with van der Waals surface area (Å²) in [6.45, 7) is 3.23. The Morgan fingerprint density at radius 1 is 1.23 bits per heavy atom. The van der Waals surface area contributed by atoms with Gasteiger partial charge in [0.2, 0.25) is 0 Å². The van der Waals surface area contributed by atoms with Gasteiger partial charge in [0, 0.05) is 11.9 Å². The summed E-state index contributed by atoms with van der Waals surface area (Å²) in [5.41, 5.74) is 0. The van der Waals surface area contributed by atoms with Gasteiger partial charge in [0.15, 0.2) is 0 Å². The van der Waals surface area contributed by atoms with Crippen molar-refractivity contribution in [2.45, 2.75) is 12.2 Å². The van der Waals surface area contributed by atoms with Gasteiger partial charge in [0.05, 0.1) is 12.2 Å². The third-order valence-corrected chi connectivity index (χ3v) is 2.54. The highest BCUT2D eigenvalue weighted by atomic mass is 16.5. The molecule has 1 saturated heterocycles. The Kier molecular flexibility index (Phi) is 1.66. The van der Waals surface area contributed by atoms with Crippen LogP contribution in [0.5, 0.6) is 0 Å². The van der Waals surface area contributed by atoms with Crippen molar-refractivity contribution < 1.29 is 19.4 Å². The molecule has 2 bridgehead atoms. The van der Waals surface area contributed by atoms with Crippen LogP contribution in [-0.4, -0.2) is 24.0 Å². The third kappa shape index (κ3) is 1.06. The van der Waals surface area contributed by atoms with Gasteiger partial charge in [-0.1, -0.05) is 12.2 Å². The maximum Gasteiger partial charge on any atom is 0.310 e. The Morgan fingerprint density at radius 3 is 2.15 bits per heavy atom. The van der Waals surface area contributed by atoms with Crippen molar-refractivity contribution in [3.63, 3.8) is 0 Å². The van der Waals surface area contributed by atoms with E-state index in [1.165, 1.54) is 0 Å². The Balaban J connectivity index is 2.30. The van der Waals surface area contributed by atoms with E-state index >= 15 is 0 Å². The Labute approximate surface area is 75.2 Å². The van der Waals surface area contributed by atoms with Crippen LogP contribution in [0.1, 0.15) is 0 Å². The van der Waals surface area contributed by atoms with E-state index in [0.717, 1.165) is 0 Å². The fourth-order valence-electron chi connectivity index (χ4n) is 1.97. The molecule has 4 heteroatoms. The van der Waals surface area contributed by atoms with Crippen LogP contribution in [0.4, 0.5) is 0 Å². The third-order valence-electron chi connectivity index (χ3n) is 2.54. The van der Waals surface area contributed by atoms with E-state index in [9.17, 15) is 14.7 Å². The first-order chi connectivity index (χ1) is 6.11. The Morgan fingerprint density at radius 2 is 1.77 bits per heavy atom. The number of aliphatic carboxylic acids is 1. The van der Waals surface area contributed by atoms with Crippen LogP contribution < -0.4 is 5.11 Å². The molecule has 0 N–H and O–H groups in total. The number of rotatable bonds is 2. The monoisotopic (exact) mass is 180 g/mol. The van der Waals surface area contributed by atoms with Crippen molar-refractivity contribution in [3.8, 4) is 0 Å². The molecule has 0 saturated carbocycles. The minimum Gasteiger partial charge on any atom is -0.550 e. The van der Waals surface area contributed by atoms with Crippen molar-refractivity contribution in [2.75, 3.05) is 0 Å². The summed E-state index contributed by atoms with van der Waals surface area (Å²) in [6.07, 6.45) is 2.44. The number of fused-ring (bicyclic) bond motifs is 2. The van der Waals surface area contributed by atoms with Crippen LogP contribution in [0.2, 0.25) is 0 Å². The number of ketones is 1. The first-order valence-corrected chi connectivity index (χ1v) is 4.01. The number of carboxylic acids is 1. The molecule has 13 heavy (non-hydrogen) atoms. The highest BCUT2D eigenvalue weighted by molar-refractivity contribution is 5.90. The van der Waals surface area contributed by atoms with Crippen molar-refractivity contribution in [1.82, 2.24) is 0 Å². The van der Waals surface area contributed by atoms with Gasteiger partial charge >= 0.3 is 5.78 Å². The topological polar surface area (TPSA) is 66.4 Å². The predicted molar refractivity (Wildman–Crippen MR) is 40.2 cm³/mol. The van der Waals surface area contributed by atoms with E-state index in [2.05, 4.69) is 6.92 Å². The molecule has 0 aliphatic carbocycles. The predicted octanol–water partition coefficient (Wildman–Crippen LogP) is -1.29. The maximum atomic E-state index is 11.0. The minimum atomic E-state index is -1.24. The molecule has 0 radical (unpaired) electrons. The quantitative estimate of drug-likeness (QED) is 0.391. The molecule has 0 aromatic heterocycles. The number of carbonyl (C=O) groups excluding carboxylic acids is 2. The van der Waals surface area contributed by atoms with Gasteiger partial charge in [0.25, 0.3) is 0 Å². The molecule has 2 heterocycles. The van der Waals surface area contributed by atoms with Gasteiger partial charge in [-0.2, -0.15) is 0 Å². The van der Waals surface area contributed by atoms with Gasteiger partial charge in [-0.25, -0.2) is 4.79 Å². The van der Waals surface area contributed by atoms with Crippen LogP contribution in [-0.2, 0) is 14.3 Å². The summed E-state index contributed by atoms with van der Waals surface area (Å²) < 4.78 is 5.23. The fraction of sp³-hybridized carbons (Fsp3) is 0.444. The summed E-state index contributed by atoms with van der Waals surface area (Å²) in [7, 11) is 0.